The normalized spacial score (nSPS) is 25.0. The highest BCUT2D eigenvalue weighted by molar-refractivity contribution is 5.90. The smallest absolute Gasteiger partial charge is 0.319 e. The summed E-state index contributed by atoms with van der Waals surface area (Å²) in [6.45, 7) is 3.87. The average molecular weight is 408 g/mol. The standard InChI is InChI=1S/C20H32N4O5/c1-12-18(13(2)29-24-12)23-20(27)22-16-8-7-15(28-17(16)11-25)9-10-21-19(26)14-5-3-4-6-14/h14-17,25H,3-11H2,1-2H3,(H,21,26)(H2,22,23,27)/t15-,16+,17+/m1/s1. The maximum atomic E-state index is 12.3. The Balaban J connectivity index is 1.41. The Bertz CT molecular complexity index is 682. The maximum Gasteiger partial charge on any atom is 0.319 e. The first-order valence-corrected chi connectivity index (χ1v) is 10.5. The zero-order valence-electron chi connectivity index (χ0n) is 17.2. The Hall–Kier alpha value is -2.13. The number of aliphatic hydroxyl groups is 1. The van der Waals surface area contributed by atoms with Crippen molar-refractivity contribution in [2.45, 2.75) is 77.0 Å². The molecule has 1 aliphatic heterocycles. The Morgan fingerprint density at radius 3 is 2.59 bits per heavy atom. The second kappa shape index (κ2) is 10.1. The average Bonchev–Trinajstić information content (AvgIpc) is 3.35. The summed E-state index contributed by atoms with van der Waals surface area (Å²) in [5, 5.41) is 22.1. The SMILES string of the molecule is Cc1noc(C)c1NC(=O)N[C@H]1CC[C@H](CCNC(=O)C2CCCC2)O[C@H]1CO. The van der Waals surface area contributed by atoms with E-state index in [0.717, 1.165) is 32.1 Å². The molecular formula is C20H32N4O5. The van der Waals surface area contributed by atoms with Crippen LogP contribution in [-0.2, 0) is 9.53 Å². The lowest BCUT2D eigenvalue weighted by Gasteiger charge is -2.36. The van der Waals surface area contributed by atoms with Gasteiger partial charge in [-0.15, -0.1) is 0 Å². The molecule has 1 saturated heterocycles. The van der Waals surface area contributed by atoms with Gasteiger partial charge in [-0.05, 0) is 46.0 Å². The summed E-state index contributed by atoms with van der Waals surface area (Å²) in [6, 6.07) is -0.668. The van der Waals surface area contributed by atoms with Gasteiger partial charge in [-0.3, -0.25) is 4.79 Å². The molecule has 2 fully saturated rings. The van der Waals surface area contributed by atoms with Crippen molar-refractivity contribution in [3.63, 3.8) is 0 Å². The summed E-state index contributed by atoms with van der Waals surface area (Å²) in [4.78, 5) is 24.4. The molecule has 9 heteroatoms. The van der Waals surface area contributed by atoms with Crippen LogP contribution < -0.4 is 16.0 Å². The summed E-state index contributed by atoms with van der Waals surface area (Å²) in [5.41, 5.74) is 1.16. The first kappa shape index (κ1) is 21.6. The van der Waals surface area contributed by atoms with Crippen LogP contribution in [0.1, 0.15) is 56.4 Å². The fourth-order valence-electron chi connectivity index (χ4n) is 4.18. The quantitative estimate of drug-likeness (QED) is 0.547. The topological polar surface area (TPSA) is 126 Å². The lowest BCUT2D eigenvalue weighted by molar-refractivity contribution is -0.125. The van der Waals surface area contributed by atoms with Crippen molar-refractivity contribution in [2.75, 3.05) is 18.5 Å². The van der Waals surface area contributed by atoms with Crippen LogP contribution >= 0.6 is 0 Å². The van der Waals surface area contributed by atoms with Gasteiger partial charge in [0.05, 0.1) is 18.8 Å². The van der Waals surface area contributed by atoms with E-state index in [-0.39, 0.29) is 36.6 Å². The molecule has 0 radical (unpaired) electrons. The summed E-state index contributed by atoms with van der Waals surface area (Å²) < 4.78 is 11.0. The van der Waals surface area contributed by atoms with Crippen molar-refractivity contribution >= 4 is 17.6 Å². The number of amides is 3. The molecule has 0 unspecified atom stereocenters. The number of hydrogen-bond donors (Lipinski definition) is 4. The lowest BCUT2D eigenvalue weighted by Crippen LogP contribution is -2.52. The molecule has 4 N–H and O–H groups in total. The molecule has 2 aliphatic rings. The number of hydrogen-bond acceptors (Lipinski definition) is 6. The van der Waals surface area contributed by atoms with Gasteiger partial charge < -0.3 is 30.3 Å². The molecule has 1 aromatic heterocycles. The third-order valence-corrected chi connectivity index (χ3v) is 5.88. The van der Waals surface area contributed by atoms with Gasteiger partial charge in [0.25, 0.3) is 0 Å². The summed E-state index contributed by atoms with van der Waals surface area (Å²) in [6.07, 6.45) is 5.89. The summed E-state index contributed by atoms with van der Waals surface area (Å²) >= 11 is 0. The van der Waals surface area contributed by atoms with Gasteiger partial charge in [-0.1, -0.05) is 18.0 Å². The van der Waals surface area contributed by atoms with Gasteiger partial charge in [-0.2, -0.15) is 0 Å². The number of carbonyl (C=O) groups is 2. The van der Waals surface area contributed by atoms with E-state index in [1.54, 1.807) is 13.8 Å². The molecule has 0 aromatic carbocycles. The number of aliphatic hydroxyl groups excluding tert-OH is 1. The zero-order valence-corrected chi connectivity index (χ0v) is 17.2. The minimum absolute atomic E-state index is 0.0419. The molecule has 1 saturated carbocycles. The number of ether oxygens (including phenoxy) is 1. The maximum absolute atomic E-state index is 12.3. The molecule has 3 amide bonds. The van der Waals surface area contributed by atoms with E-state index in [0.29, 0.717) is 36.5 Å². The fourth-order valence-corrected chi connectivity index (χ4v) is 4.18. The van der Waals surface area contributed by atoms with E-state index < -0.39 is 6.10 Å². The molecule has 0 bridgehead atoms. The van der Waals surface area contributed by atoms with Crippen molar-refractivity contribution in [1.82, 2.24) is 15.8 Å². The molecule has 2 heterocycles. The van der Waals surface area contributed by atoms with E-state index in [4.69, 9.17) is 9.26 Å². The molecule has 3 atom stereocenters. The monoisotopic (exact) mass is 408 g/mol. The number of carbonyl (C=O) groups excluding carboxylic acids is 2. The number of anilines is 1. The predicted molar refractivity (Wildman–Crippen MR) is 106 cm³/mol. The van der Waals surface area contributed by atoms with E-state index in [1.807, 2.05) is 0 Å². The van der Waals surface area contributed by atoms with Gasteiger partial charge in [0, 0.05) is 12.5 Å². The second-order valence-corrected chi connectivity index (χ2v) is 8.02. The predicted octanol–water partition coefficient (Wildman–Crippen LogP) is 2.02. The Labute approximate surface area is 170 Å². The van der Waals surface area contributed by atoms with Crippen LogP contribution in [0.2, 0.25) is 0 Å². The van der Waals surface area contributed by atoms with Crippen LogP contribution in [0.15, 0.2) is 4.52 Å². The number of nitrogens with zero attached hydrogens (tertiary/aromatic N) is 1. The number of aromatic nitrogens is 1. The van der Waals surface area contributed by atoms with Crippen molar-refractivity contribution in [3.05, 3.63) is 11.5 Å². The second-order valence-electron chi connectivity index (χ2n) is 8.02. The minimum Gasteiger partial charge on any atom is -0.394 e. The number of urea groups is 1. The number of nitrogens with one attached hydrogen (secondary N) is 3. The Kier molecular flexibility index (Phi) is 7.49. The highest BCUT2D eigenvalue weighted by Gasteiger charge is 2.32. The Morgan fingerprint density at radius 1 is 1.17 bits per heavy atom. The molecule has 1 aliphatic carbocycles. The van der Waals surface area contributed by atoms with Crippen LogP contribution in [0, 0.1) is 19.8 Å². The molecule has 3 rings (SSSR count). The van der Waals surface area contributed by atoms with Crippen LogP contribution in [0.5, 0.6) is 0 Å². The van der Waals surface area contributed by atoms with E-state index in [9.17, 15) is 14.7 Å². The third-order valence-electron chi connectivity index (χ3n) is 5.88. The van der Waals surface area contributed by atoms with Crippen LogP contribution in [-0.4, -0.2) is 53.6 Å². The van der Waals surface area contributed by atoms with Gasteiger partial charge >= 0.3 is 6.03 Å². The van der Waals surface area contributed by atoms with Crippen molar-refractivity contribution in [1.29, 1.82) is 0 Å². The van der Waals surface area contributed by atoms with Gasteiger partial charge in [0.2, 0.25) is 5.91 Å². The van der Waals surface area contributed by atoms with Gasteiger partial charge in [-0.25, -0.2) is 4.79 Å². The highest BCUT2D eigenvalue weighted by atomic mass is 16.5. The molecule has 0 spiro atoms. The van der Waals surface area contributed by atoms with E-state index >= 15 is 0 Å². The van der Waals surface area contributed by atoms with Crippen molar-refractivity contribution in [2.24, 2.45) is 5.92 Å². The molecule has 1 aromatic rings. The van der Waals surface area contributed by atoms with Crippen molar-refractivity contribution in [3.8, 4) is 0 Å². The number of rotatable bonds is 7. The van der Waals surface area contributed by atoms with Crippen LogP contribution in [0.3, 0.4) is 0 Å². The molecule has 9 nitrogen and oxygen atoms in total. The van der Waals surface area contributed by atoms with Crippen molar-refractivity contribution < 1.29 is 24.0 Å². The largest absolute Gasteiger partial charge is 0.394 e. The number of aryl methyl sites for hydroxylation is 2. The Morgan fingerprint density at radius 2 is 1.93 bits per heavy atom. The zero-order chi connectivity index (χ0) is 20.8. The first-order valence-electron chi connectivity index (χ1n) is 10.5. The molecule has 29 heavy (non-hydrogen) atoms. The summed E-state index contributed by atoms with van der Waals surface area (Å²) in [7, 11) is 0. The lowest BCUT2D eigenvalue weighted by atomic mass is 9.97. The first-order chi connectivity index (χ1) is 14.0. The summed E-state index contributed by atoms with van der Waals surface area (Å²) in [5.74, 6) is 0.848. The fraction of sp³-hybridized carbons (Fsp3) is 0.750. The van der Waals surface area contributed by atoms with Gasteiger partial charge in [0.15, 0.2) is 5.76 Å². The van der Waals surface area contributed by atoms with Crippen LogP contribution in [0.25, 0.3) is 0 Å². The third kappa shape index (κ3) is 5.70. The van der Waals surface area contributed by atoms with Crippen LogP contribution in [0.4, 0.5) is 10.5 Å². The highest BCUT2D eigenvalue weighted by Crippen LogP contribution is 2.25. The van der Waals surface area contributed by atoms with E-state index in [1.165, 1.54) is 0 Å². The van der Waals surface area contributed by atoms with E-state index in [2.05, 4.69) is 21.1 Å². The minimum atomic E-state index is -0.477. The molecular weight excluding hydrogens is 376 g/mol. The molecule has 162 valence electrons. The van der Waals surface area contributed by atoms with Gasteiger partial charge in [0.1, 0.15) is 17.5 Å².